The number of morpholine rings is 1. The summed E-state index contributed by atoms with van der Waals surface area (Å²) >= 11 is 1.56. The molecule has 0 aliphatic carbocycles. The normalized spacial score (nSPS) is 17.0. The van der Waals surface area contributed by atoms with Crippen molar-refractivity contribution in [3.05, 3.63) is 45.9 Å². The minimum Gasteiger partial charge on any atom is -0.493 e. The molecular formula is C28H36F3N3O7S. The van der Waals surface area contributed by atoms with Crippen LogP contribution in [0.2, 0.25) is 0 Å². The van der Waals surface area contributed by atoms with E-state index in [0.29, 0.717) is 37.1 Å². The van der Waals surface area contributed by atoms with Gasteiger partial charge >= 0.3 is 18.1 Å². The molecule has 14 heteroatoms. The molecule has 1 amide bonds. The van der Waals surface area contributed by atoms with Crippen LogP contribution in [0, 0.1) is 0 Å². The maximum atomic E-state index is 13.1. The number of carboxylic acids is 2. The largest absolute Gasteiger partial charge is 0.493 e. The molecule has 1 aromatic heterocycles. The highest BCUT2D eigenvalue weighted by molar-refractivity contribution is 7.09. The summed E-state index contributed by atoms with van der Waals surface area (Å²) in [4.78, 5) is 41.6. The van der Waals surface area contributed by atoms with E-state index in [1.165, 1.54) is 5.56 Å². The summed E-state index contributed by atoms with van der Waals surface area (Å²) in [5.74, 6) is -2.56. The van der Waals surface area contributed by atoms with Crippen LogP contribution < -0.4 is 4.74 Å². The van der Waals surface area contributed by atoms with E-state index in [4.69, 9.17) is 24.5 Å². The van der Waals surface area contributed by atoms with Gasteiger partial charge in [-0.05, 0) is 37.0 Å². The van der Waals surface area contributed by atoms with Gasteiger partial charge in [-0.2, -0.15) is 13.2 Å². The van der Waals surface area contributed by atoms with E-state index in [1.54, 1.807) is 11.3 Å². The molecule has 2 fully saturated rings. The van der Waals surface area contributed by atoms with E-state index in [1.807, 2.05) is 28.5 Å². The van der Waals surface area contributed by atoms with Crippen LogP contribution in [0.3, 0.4) is 0 Å². The highest BCUT2D eigenvalue weighted by Crippen LogP contribution is 2.31. The number of thiazole rings is 1. The lowest BCUT2D eigenvalue weighted by Crippen LogP contribution is -2.58. The molecule has 0 bridgehead atoms. The maximum Gasteiger partial charge on any atom is 0.490 e. The molecule has 10 nitrogen and oxygen atoms in total. The number of rotatable bonds is 9. The van der Waals surface area contributed by atoms with Crippen LogP contribution in [0.1, 0.15) is 60.1 Å². The molecule has 0 atom stereocenters. The number of aliphatic carboxylic acids is 2. The highest BCUT2D eigenvalue weighted by atomic mass is 32.1. The minimum absolute atomic E-state index is 0.00634. The van der Waals surface area contributed by atoms with Crippen molar-refractivity contribution in [1.29, 1.82) is 0 Å². The average molecular weight is 616 g/mol. The fourth-order valence-electron chi connectivity index (χ4n) is 4.65. The maximum absolute atomic E-state index is 13.1. The first-order chi connectivity index (χ1) is 19.8. The predicted octanol–water partition coefficient (Wildman–Crippen LogP) is 4.30. The Labute approximate surface area is 246 Å². The van der Waals surface area contributed by atoms with E-state index >= 15 is 0 Å². The van der Waals surface area contributed by atoms with E-state index in [-0.39, 0.29) is 24.5 Å². The summed E-state index contributed by atoms with van der Waals surface area (Å²) in [6, 6.07) is 7.87. The Balaban J connectivity index is 0.000000616. The molecule has 1 aromatic carbocycles. The lowest BCUT2D eigenvalue weighted by Gasteiger charge is -2.47. The third kappa shape index (κ3) is 9.95. The van der Waals surface area contributed by atoms with Crippen LogP contribution in [-0.2, 0) is 20.7 Å². The van der Waals surface area contributed by atoms with Gasteiger partial charge in [0.1, 0.15) is 11.4 Å². The number of alkyl halides is 3. The molecule has 2 aromatic rings. The van der Waals surface area contributed by atoms with Crippen molar-refractivity contribution < 1.29 is 47.2 Å². The van der Waals surface area contributed by atoms with Crippen LogP contribution >= 0.6 is 11.3 Å². The molecule has 42 heavy (non-hydrogen) atoms. The summed E-state index contributed by atoms with van der Waals surface area (Å²) in [5, 5.41) is 18.8. The Bertz CT molecular complexity index is 1210. The lowest BCUT2D eigenvalue weighted by atomic mass is 9.89. The van der Waals surface area contributed by atoms with E-state index in [2.05, 4.69) is 29.8 Å². The number of hydrogen-bond acceptors (Lipinski definition) is 8. The summed E-state index contributed by atoms with van der Waals surface area (Å²) < 4.78 is 43.5. The zero-order valence-corrected chi connectivity index (χ0v) is 24.4. The first-order valence-corrected chi connectivity index (χ1v) is 14.5. The van der Waals surface area contributed by atoms with Crippen LogP contribution in [0.15, 0.2) is 29.6 Å². The van der Waals surface area contributed by atoms with Gasteiger partial charge in [-0.25, -0.2) is 9.78 Å². The third-order valence-corrected chi connectivity index (χ3v) is 8.13. The summed E-state index contributed by atoms with van der Waals surface area (Å²) in [6.45, 7) is 8.99. The standard InChI is InChI=1S/C26H35N3O5S.C2HF3O2/c1-19(2)24-27-22(17-35-24)25(32)29-13-15-34-26(18-29)8-11-28(12-9-26)10-6-20-4-3-5-21(16-20)33-14-7-23(30)31;3-2(4,5)1(6)7/h3-5,16-17,19H,6-15,18H2,1-2H3,(H,30,31);(H,6,7). The molecule has 2 saturated heterocycles. The fourth-order valence-corrected chi connectivity index (χ4v) is 5.46. The average Bonchev–Trinajstić information content (AvgIpc) is 3.43. The molecule has 2 aliphatic rings. The van der Waals surface area contributed by atoms with Crippen molar-refractivity contribution >= 4 is 29.2 Å². The number of carboxylic acid groups (broad SMARTS) is 2. The molecule has 0 radical (unpaired) electrons. The molecule has 1 spiro atoms. The molecule has 232 valence electrons. The molecule has 2 N–H and O–H groups in total. The quantitative estimate of drug-likeness (QED) is 0.424. The molecule has 4 rings (SSSR count). The Hall–Kier alpha value is -3.23. The number of carbonyl (C=O) groups excluding carboxylic acids is 1. The number of halogens is 3. The highest BCUT2D eigenvalue weighted by Gasteiger charge is 2.41. The number of amides is 1. The number of benzene rings is 1. The molecular weight excluding hydrogens is 579 g/mol. The number of nitrogens with zero attached hydrogens (tertiary/aromatic N) is 3. The first kappa shape index (κ1) is 33.3. The van der Waals surface area contributed by atoms with Crippen molar-refractivity contribution in [2.75, 3.05) is 45.9 Å². The minimum atomic E-state index is -5.08. The summed E-state index contributed by atoms with van der Waals surface area (Å²) in [7, 11) is 0. The van der Waals surface area contributed by atoms with Crippen molar-refractivity contribution in [2.24, 2.45) is 0 Å². The van der Waals surface area contributed by atoms with E-state index in [9.17, 15) is 22.8 Å². The summed E-state index contributed by atoms with van der Waals surface area (Å²) in [5.41, 5.74) is 1.47. The number of carbonyl (C=O) groups is 3. The first-order valence-electron chi connectivity index (χ1n) is 13.6. The second-order valence-corrected chi connectivity index (χ2v) is 11.4. The monoisotopic (exact) mass is 615 g/mol. The SMILES string of the molecule is CC(C)c1nc(C(=O)N2CCOC3(CCN(CCc4cccc(OCCC(=O)O)c4)CC3)C2)cs1.O=C(O)C(F)(F)F. The Morgan fingerprint density at radius 2 is 1.86 bits per heavy atom. The molecule has 0 unspecified atom stereocenters. The van der Waals surface area contributed by atoms with Gasteiger partial charge in [-0.1, -0.05) is 26.0 Å². The Morgan fingerprint density at radius 3 is 2.45 bits per heavy atom. The van der Waals surface area contributed by atoms with Crippen molar-refractivity contribution in [3.8, 4) is 5.75 Å². The number of piperidine rings is 1. The lowest BCUT2D eigenvalue weighted by molar-refractivity contribution is -0.192. The number of hydrogen-bond donors (Lipinski definition) is 2. The van der Waals surface area contributed by atoms with Gasteiger partial charge in [0.2, 0.25) is 0 Å². The van der Waals surface area contributed by atoms with Crippen LogP contribution in [0.25, 0.3) is 0 Å². The van der Waals surface area contributed by atoms with Crippen LogP contribution in [0.5, 0.6) is 5.75 Å². The topological polar surface area (TPSA) is 130 Å². The van der Waals surface area contributed by atoms with Gasteiger partial charge in [0, 0.05) is 37.5 Å². The van der Waals surface area contributed by atoms with Crippen molar-refractivity contribution in [1.82, 2.24) is 14.8 Å². The van der Waals surface area contributed by atoms with Gasteiger partial charge in [-0.3, -0.25) is 9.59 Å². The van der Waals surface area contributed by atoms with Crippen molar-refractivity contribution in [3.63, 3.8) is 0 Å². The Kier molecular flexibility index (Phi) is 11.7. The van der Waals surface area contributed by atoms with Gasteiger partial charge in [0.25, 0.3) is 5.91 Å². The second-order valence-electron chi connectivity index (χ2n) is 10.5. The van der Waals surface area contributed by atoms with Gasteiger partial charge in [-0.15, -0.1) is 11.3 Å². The molecule has 0 saturated carbocycles. The smallest absolute Gasteiger partial charge is 0.490 e. The third-order valence-electron chi connectivity index (χ3n) is 6.98. The Morgan fingerprint density at radius 1 is 1.17 bits per heavy atom. The van der Waals surface area contributed by atoms with Gasteiger partial charge < -0.3 is 29.5 Å². The van der Waals surface area contributed by atoms with Gasteiger partial charge in [0.15, 0.2) is 0 Å². The van der Waals surface area contributed by atoms with E-state index in [0.717, 1.165) is 43.9 Å². The number of ether oxygens (including phenoxy) is 2. The molecule has 3 heterocycles. The zero-order chi connectivity index (χ0) is 30.9. The fraction of sp³-hybridized carbons (Fsp3) is 0.571. The number of aromatic nitrogens is 1. The summed E-state index contributed by atoms with van der Waals surface area (Å²) in [6.07, 6.45) is -2.38. The van der Waals surface area contributed by atoms with Crippen LogP contribution in [0.4, 0.5) is 13.2 Å². The predicted molar refractivity (Wildman–Crippen MR) is 148 cm³/mol. The van der Waals surface area contributed by atoms with Crippen LogP contribution in [-0.4, -0.2) is 101 Å². The van der Waals surface area contributed by atoms with Gasteiger partial charge in [0.05, 0.1) is 36.8 Å². The number of likely N-dealkylation sites (tertiary alicyclic amines) is 1. The zero-order valence-electron chi connectivity index (χ0n) is 23.6. The van der Waals surface area contributed by atoms with Crippen molar-refractivity contribution in [2.45, 2.75) is 57.2 Å². The second kappa shape index (κ2) is 14.8. The van der Waals surface area contributed by atoms with E-state index < -0.39 is 18.1 Å². The molecule has 2 aliphatic heterocycles.